The van der Waals surface area contributed by atoms with Crippen molar-refractivity contribution in [2.24, 2.45) is 11.7 Å². The molecule has 7 nitrogen and oxygen atoms in total. The van der Waals surface area contributed by atoms with Crippen molar-refractivity contribution >= 4 is 17.6 Å². The van der Waals surface area contributed by atoms with Gasteiger partial charge in [-0.1, -0.05) is 0 Å². The Hall–Kier alpha value is -2.70. The minimum atomic E-state index is -0.618. The van der Waals surface area contributed by atoms with E-state index in [0.29, 0.717) is 11.5 Å². The molecule has 2 amide bonds. The van der Waals surface area contributed by atoms with E-state index in [9.17, 15) is 9.59 Å². The molecule has 2 heterocycles. The van der Waals surface area contributed by atoms with Crippen molar-refractivity contribution in [2.75, 3.05) is 5.32 Å². The van der Waals surface area contributed by atoms with Crippen LogP contribution in [0.1, 0.15) is 23.5 Å². The molecular formula is C13H13N5O2. The van der Waals surface area contributed by atoms with Gasteiger partial charge in [0.05, 0.1) is 11.9 Å². The number of amides is 2. The Kier molecular flexibility index (Phi) is 2.94. The Morgan fingerprint density at radius 2 is 2.15 bits per heavy atom. The van der Waals surface area contributed by atoms with Crippen molar-refractivity contribution in [2.45, 2.75) is 12.8 Å². The van der Waals surface area contributed by atoms with Gasteiger partial charge in [-0.15, -0.1) is 0 Å². The molecule has 3 rings (SSSR count). The third-order valence-corrected chi connectivity index (χ3v) is 3.08. The highest BCUT2D eigenvalue weighted by Gasteiger charge is 2.29. The summed E-state index contributed by atoms with van der Waals surface area (Å²) in [4.78, 5) is 33.5. The van der Waals surface area contributed by atoms with Gasteiger partial charge in [0.15, 0.2) is 5.82 Å². The summed E-state index contributed by atoms with van der Waals surface area (Å²) in [7, 11) is 0. The number of aromatic amines is 1. The summed E-state index contributed by atoms with van der Waals surface area (Å²) in [6.07, 6.45) is 4.98. The van der Waals surface area contributed by atoms with Gasteiger partial charge >= 0.3 is 0 Å². The second kappa shape index (κ2) is 4.76. The van der Waals surface area contributed by atoms with E-state index in [1.165, 1.54) is 6.20 Å². The van der Waals surface area contributed by atoms with E-state index in [2.05, 4.69) is 20.3 Å². The average molecular weight is 271 g/mol. The molecule has 4 N–H and O–H groups in total. The number of carbonyl (C=O) groups is 2. The zero-order valence-corrected chi connectivity index (χ0v) is 10.6. The number of hydrogen-bond donors (Lipinski definition) is 3. The lowest BCUT2D eigenvalue weighted by atomic mass is 10.2. The number of nitrogens with two attached hydrogens (primary N) is 1. The number of pyridine rings is 1. The van der Waals surface area contributed by atoms with E-state index in [1.54, 1.807) is 18.3 Å². The van der Waals surface area contributed by atoms with Crippen LogP contribution >= 0.6 is 0 Å². The van der Waals surface area contributed by atoms with E-state index >= 15 is 0 Å². The molecule has 0 spiro atoms. The number of nitrogens with one attached hydrogen (secondary N) is 2. The maximum Gasteiger partial charge on any atom is 0.284 e. The summed E-state index contributed by atoms with van der Waals surface area (Å²) in [5.74, 6) is 0.0775. The van der Waals surface area contributed by atoms with Crippen molar-refractivity contribution in [1.29, 1.82) is 0 Å². The minimum Gasteiger partial charge on any atom is -0.363 e. The first-order valence-electron chi connectivity index (χ1n) is 6.25. The van der Waals surface area contributed by atoms with Crippen LogP contribution in [0, 0.1) is 5.92 Å². The zero-order chi connectivity index (χ0) is 14.1. The number of primary amides is 1. The molecule has 1 aliphatic rings. The Balaban J connectivity index is 1.82. The highest BCUT2D eigenvalue weighted by atomic mass is 16.2. The fourth-order valence-electron chi connectivity index (χ4n) is 1.83. The van der Waals surface area contributed by atoms with E-state index in [0.717, 1.165) is 18.4 Å². The second-order valence-corrected chi connectivity index (χ2v) is 4.70. The largest absolute Gasteiger partial charge is 0.363 e. The van der Waals surface area contributed by atoms with Crippen LogP contribution in [-0.4, -0.2) is 26.8 Å². The third-order valence-electron chi connectivity index (χ3n) is 3.08. The molecule has 20 heavy (non-hydrogen) atoms. The summed E-state index contributed by atoms with van der Waals surface area (Å²) in [6.45, 7) is 0. The Labute approximate surface area is 114 Å². The monoisotopic (exact) mass is 271 g/mol. The molecule has 0 atom stereocenters. The fraction of sp³-hybridized carbons (Fsp3) is 0.231. The fourth-order valence-corrected chi connectivity index (χ4v) is 1.83. The molecule has 0 bridgehead atoms. The molecule has 0 aliphatic heterocycles. The van der Waals surface area contributed by atoms with Crippen LogP contribution < -0.4 is 11.1 Å². The first kappa shape index (κ1) is 12.3. The summed E-state index contributed by atoms with van der Waals surface area (Å²) in [5, 5.41) is 2.77. The number of H-pyrrole nitrogens is 1. The standard InChI is InChI=1S/C13H13N5O2/c14-11(19)12-16-6-9(17-12)8-3-4-15-10(5-8)18-13(20)7-1-2-7/h3-7H,1-2H2,(H2,14,19)(H,16,17)(H,15,18,20). The molecule has 102 valence electrons. The minimum absolute atomic E-state index is 0.00270. The maximum atomic E-state index is 11.7. The van der Waals surface area contributed by atoms with Gasteiger partial charge in [0.1, 0.15) is 5.82 Å². The third kappa shape index (κ3) is 2.51. The SMILES string of the molecule is NC(=O)c1ncc(-c2ccnc(NC(=O)C3CC3)c2)[nH]1. The van der Waals surface area contributed by atoms with Gasteiger partial charge in [0, 0.05) is 17.7 Å². The van der Waals surface area contributed by atoms with Crippen molar-refractivity contribution in [3.05, 3.63) is 30.4 Å². The molecule has 0 saturated heterocycles. The Morgan fingerprint density at radius 3 is 2.80 bits per heavy atom. The van der Waals surface area contributed by atoms with Gasteiger partial charge in [-0.3, -0.25) is 9.59 Å². The number of anilines is 1. The van der Waals surface area contributed by atoms with E-state index in [1.807, 2.05) is 0 Å². The van der Waals surface area contributed by atoms with Gasteiger partial charge in [0.2, 0.25) is 5.91 Å². The average Bonchev–Trinajstić information content (AvgIpc) is 3.16. The molecule has 0 radical (unpaired) electrons. The van der Waals surface area contributed by atoms with Crippen LogP contribution in [0.3, 0.4) is 0 Å². The summed E-state index contributed by atoms with van der Waals surface area (Å²) in [6, 6.07) is 3.48. The van der Waals surface area contributed by atoms with E-state index in [-0.39, 0.29) is 17.6 Å². The van der Waals surface area contributed by atoms with Crippen molar-refractivity contribution in [3.63, 3.8) is 0 Å². The van der Waals surface area contributed by atoms with Crippen LogP contribution in [0.5, 0.6) is 0 Å². The van der Waals surface area contributed by atoms with Gasteiger partial charge < -0.3 is 16.0 Å². The predicted octanol–water partition coefficient (Wildman–Crippen LogP) is 0.919. The van der Waals surface area contributed by atoms with Crippen LogP contribution in [0.25, 0.3) is 11.3 Å². The topological polar surface area (TPSA) is 114 Å². The lowest BCUT2D eigenvalue weighted by Gasteiger charge is -2.04. The molecule has 2 aromatic rings. The number of nitrogens with zero attached hydrogens (tertiary/aromatic N) is 2. The van der Waals surface area contributed by atoms with Crippen LogP contribution in [-0.2, 0) is 4.79 Å². The summed E-state index contributed by atoms with van der Waals surface area (Å²) in [5.41, 5.74) is 6.55. The highest BCUT2D eigenvalue weighted by Crippen LogP contribution is 2.30. The molecule has 1 fully saturated rings. The second-order valence-electron chi connectivity index (χ2n) is 4.70. The molecular weight excluding hydrogens is 258 g/mol. The lowest BCUT2D eigenvalue weighted by Crippen LogP contribution is -2.14. The van der Waals surface area contributed by atoms with Crippen LogP contribution in [0.2, 0.25) is 0 Å². The van der Waals surface area contributed by atoms with Gasteiger partial charge in [-0.2, -0.15) is 0 Å². The number of hydrogen-bond acceptors (Lipinski definition) is 4. The number of imidazole rings is 1. The van der Waals surface area contributed by atoms with E-state index < -0.39 is 5.91 Å². The molecule has 7 heteroatoms. The molecule has 2 aromatic heterocycles. The predicted molar refractivity (Wildman–Crippen MR) is 71.7 cm³/mol. The lowest BCUT2D eigenvalue weighted by molar-refractivity contribution is -0.117. The van der Waals surface area contributed by atoms with Gasteiger partial charge in [-0.05, 0) is 25.0 Å². The van der Waals surface area contributed by atoms with E-state index in [4.69, 9.17) is 5.73 Å². The summed E-state index contributed by atoms with van der Waals surface area (Å²) >= 11 is 0. The molecule has 0 aromatic carbocycles. The smallest absolute Gasteiger partial charge is 0.284 e. The zero-order valence-electron chi connectivity index (χ0n) is 10.6. The molecule has 1 aliphatic carbocycles. The van der Waals surface area contributed by atoms with Crippen molar-refractivity contribution in [3.8, 4) is 11.3 Å². The van der Waals surface area contributed by atoms with Crippen molar-refractivity contribution < 1.29 is 9.59 Å². The first-order chi connectivity index (χ1) is 9.63. The summed E-state index contributed by atoms with van der Waals surface area (Å²) < 4.78 is 0. The number of carbonyl (C=O) groups excluding carboxylic acids is 2. The maximum absolute atomic E-state index is 11.7. The van der Waals surface area contributed by atoms with Gasteiger partial charge in [-0.25, -0.2) is 9.97 Å². The van der Waals surface area contributed by atoms with Crippen molar-refractivity contribution in [1.82, 2.24) is 15.0 Å². The number of rotatable bonds is 4. The number of aromatic nitrogens is 3. The Morgan fingerprint density at radius 1 is 1.35 bits per heavy atom. The normalized spacial score (nSPS) is 14.0. The molecule has 0 unspecified atom stereocenters. The van der Waals surface area contributed by atoms with Gasteiger partial charge in [0.25, 0.3) is 5.91 Å². The Bertz CT molecular complexity index is 675. The van der Waals surface area contributed by atoms with Crippen LogP contribution in [0.4, 0.5) is 5.82 Å². The highest BCUT2D eigenvalue weighted by molar-refractivity contribution is 5.93. The van der Waals surface area contributed by atoms with Crippen LogP contribution in [0.15, 0.2) is 24.5 Å². The first-order valence-corrected chi connectivity index (χ1v) is 6.25. The quantitative estimate of drug-likeness (QED) is 0.767. The molecule has 1 saturated carbocycles.